The molecule has 0 aliphatic heterocycles. The van der Waals surface area contributed by atoms with E-state index in [-0.39, 0.29) is 35.7 Å². The second-order valence-electron chi connectivity index (χ2n) is 12.9. The molecule has 0 saturated heterocycles. The molecule has 0 fully saturated rings. The van der Waals surface area contributed by atoms with Crippen molar-refractivity contribution in [2.75, 3.05) is 7.11 Å². The molecule has 0 bridgehead atoms. The molecule has 4 nitrogen and oxygen atoms in total. The third-order valence-electron chi connectivity index (χ3n) is 8.65. The summed E-state index contributed by atoms with van der Waals surface area (Å²) >= 11 is 0. The van der Waals surface area contributed by atoms with Crippen molar-refractivity contribution in [2.45, 2.75) is 78.8 Å². The van der Waals surface area contributed by atoms with Crippen LogP contribution in [0.5, 0.6) is 11.5 Å². The lowest BCUT2D eigenvalue weighted by atomic mass is 9.86. The van der Waals surface area contributed by atoms with Gasteiger partial charge in [-0.2, -0.15) is 26.3 Å². The van der Waals surface area contributed by atoms with E-state index in [0.29, 0.717) is 35.2 Å². The molecule has 11 heteroatoms. The standard InChI is InChI=1S/C39H39F7O4/c1-21(2)31-20-32(25(6)16-33(31)40)30-14-11-22(3)15-26(30)13-12-24(5)35(49-37(47)50-36-23(4)9-8-10-34(36)48-7)27-17-28(38(41,42)43)19-29(18-27)39(44,45)46/h8-11,14-21,24,35H,12-13H2,1-7H3/t24-,35+/m1/s1. The fourth-order valence-corrected chi connectivity index (χ4v) is 5.93. The SMILES string of the molecule is COc1cccc(C)c1OC(=O)O[C@H](c1cc(C(F)(F)F)cc(C(F)(F)F)c1)[C@H](C)CCc1cc(C)ccc1-c1cc(C(C)C)c(F)cc1C. The highest BCUT2D eigenvalue weighted by Gasteiger charge is 2.39. The number of halogens is 7. The lowest BCUT2D eigenvalue weighted by molar-refractivity contribution is -0.143. The average molecular weight is 705 g/mol. The van der Waals surface area contributed by atoms with Crippen LogP contribution in [0, 0.1) is 32.5 Å². The zero-order valence-corrected chi connectivity index (χ0v) is 28.8. The van der Waals surface area contributed by atoms with E-state index in [1.54, 1.807) is 39.0 Å². The highest BCUT2D eigenvalue weighted by Crippen LogP contribution is 2.41. The monoisotopic (exact) mass is 704 g/mol. The third-order valence-corrected chi connectivity index (χ3v) is 8.65. The molecule has 50 heavy (non-hydrogen) atoms. The van der Waals surface area contributed by atoms with Gasteiger partial charge in [-0.25, -0.2) is 9.18 Å². The van der Waals surface area contributed by atoms with Gasteiger partial charge in [-0.1, -0.05) is 56.7 Å². The molecule has 268 valence electrons. The molecule has 0 amide bonds. The predicted molar refractivity (Wildman–Crippen MR) is 177 cm³/mol. The van der Waals surface area contributed by atoms with Gasteiger partial charge in [0.1, 0.15) is 11.9 Å². The number of alkyl halides is 6. The van der Waals surface area contributed by atoms with Gasteiger partial charge in [0.05, 0.1) is 18.2 Å². The first-order valence-electron chi connectivity index (χ1n) is 16.0. The molecule has 0 heterocycles. The Morgan fingerprint density at radius 1 is 0.780 bits per heavy atom. The predicted octanol–water partition coefficient (Wildman–Crippen LogP) is 12.1. The Kier molecular flexibility index (Phi) is 11.6. The first kappa shape index (κ1) is 38.3. The van der Waals surface area contributed by atoms with Crippen molar-refractivity contribution >= 4 is 6.16 Å². The van der Waals surface area contributed by atoms with Crippen molar-refractivity contribution in [2.24, 2.45) is 5.92 Å². The molecule has 0 aromatic heterocycles. The normalized spacial score (nSPS) is 13.3. The van der Waals surface area contributed by atoms with E-state index >= 15 is 0 Å². The molecular weight excluding hydrogens is 665 g/mol. The summed E-state index contributed by atoms with van der Waals surface area (Å²) in [5, 5.41) is 0. The van der Waals surface area contributed by atoms with Gasteiger partial charge >= 0.3 is 18.5 Å². The Morgan fingerprint density at radius 3 is 2.00 bits per heavy atom. The summed E-state index contributed by atoms with van der Waals surface area (Å²) in [6.07, 6.45) is -12.7. The molecule has 0 aliphatic carbocycles. The third kappa shape index (κ3) is 8.97. The fourth-order valence-electron chi connectivity index (χ4n) is 5.93. The van der Waals surface area contributed by atoms with E-state index in [9.17, 15) is 35.5 Å². The van der Waals surface area contributed by atoms with Crippen molar-refractivity contribution in [3.05, 3.63) is 117 Å². The number of hydrogen-bond donors (Lipinski definition) is 0. The zero-order valence-electron chi connectivity index (χ0n) is 28.8. The first-order valence-corrected chi connectivity index (χ1v) is 16.0. The molecule has 4 aromatic carbocycles. The Labute approximate surface area is 287 Å². The van der Waals surface area contributed by atoms with E-state index in [0.717, 1.165) is 22.3 Å². The van der Waals surface area contributed by atoms with E-state index in [1.165, 1.54) is 19.2 Å². The van der Waals surface area contributed by atoms with Crippen LogP contribution in [0.4, 0.5) is 35.5 Å². The summed E-state index contributed by atoms with van der Waals surface area (Å²) in [4.78, 5) is 13.2. The largest absolute Gasteiger partial charge is 0.514 e. The lowest BCUT2D eigenvalue weighted by Gasteiger charge is -2.26. The summed E-state index contributed by atoms with van der Waals surface area (Å²) in [7, 11) is 1.34. The Hall–Kier alpha value is -4.54. The van der Waals surface area contributed by atoms with Crippen LogP contribution in [0.2, 0.25) is 0 Å². The van der Waals surface area contributed by atoms with Crippen LogP contribution in [0.3, 0.4) is 0 Å². The number of rotatable bonds is 10. The topological polar surface area (TPSA) is 44.8 Å². The average Bonchev–Trinajstić information content (AvgIpc) is 3.02. The highest BCUT2D eigenvalue weighted by molar-refractivity contribution is 5.72. The number of carbonyl (C=O) groups is 1. The molecule has 4 aromatic rings. The maximum absolute atomic E-state index is 14.8. The Balaban J connectivity index is 1.76. The molecule has 0 spiro atoms. The van der Waals surface area contributed by atoms with Gasteiger partial charge < -0.3 is 14.2 Å². The van der Waals surface area contributed by atoms with Crippen LogP contribution in [-0.4, -0.2) is 13.3 Å². The maximum Gasteiger partial charge on any atom is 0.514 e. The van der Waals surface area contributed by atoms with Crippen molar-refractivity contribution in [1.82, 2.24) is 0 Å². The summed E-state index contributed by atoms with van der Waals surface area (Å²) in [5.74, 6) is -1.05. The van der Waals surface area contributed by atoms with Gasteiger partial charge in [-0.05, 0) is 121 Å². The number of benzene rings is 4. The second-order valence-corrected chi connectivity index (χ2v) is 12.9. The van der Waals surface area contributed by atoms with Crippen LogP contribution in [0.15, 0.2) is 66.7 Å². The summed E-state index contributed by atoms with van der Waals surface area (Å²) in [5.41, 5.74) is 1.50. The van der Waals surface area contributed by atoms with Gasteiger partial charge in [0.2, 0.25) is 0 Å². The Bertz CT molecular complexity index is 1810. The fraction of sp³-hybridized carbons (Fsp3) is 0.359. The quantitative estimate of drug-likeness (QED) is 0.0936. The van der Waals surface area contributed by atoms with E-state index in [2.05, 4.69) is 0 Å². The minimum absolute atomic E-state index is 0.00809. The molecule has 0 N–H and O–H groups in total. The van der Waals surface area contributed by atoms with Crippen LogP contribution < -0.4 is 9.47 Å². The molecule has 2 atom stereocenters. The van der Waals surface area contributed by atoms with Gasteiger partial charge in [-0.15, -0.1) is 0 Å². The molecule has 0 aliphatic rings. The van der Waals surface area contributed by atoms with Gasteiger partial charge in [0, 0.05) is 0 Å². The van der Waals surface area contributed by atoms with E-state index in [1.807, 2.05) is 39.0 Å². The van der Waals surface area contributed by atoms with E-state index in [4.69, 9.17) is 14.2 Å². The smallest absolute Gasteiger partial charge is 0.493 e. The Morgan fingerprint density at radius 2 is 1.42 bits per heavy atom. The van der Waals surface area contributed by atoms with Crippen molar-refractivity contribution in [1.29, 1.82) is 0 Å². The number of hydrogen-bond acceptors (Lipinski definition) is 4. The molecule has 4 rings (SSSR count). The first-order chi connectivity index (χ1) is 23.3. The number of ether oxygens (including phenoxy) is 3. The van der Waals surface area contributed by atoms with Crippen molar-refractivity contribution < 1.29 is 49.7 Å². The number of aryl methyl sites for hydroxylation is 4. The highest BCUT2D eigenvalue weighted by atomic mass is 19.4. The second kappa shape index (κ2) is 15.1. The molecule has 0 radical (unpaired) electrons. The van der Waals surface area contributed by atoms with Gasteiger partial charge in [0.25, 0.3) is 0 Å². The number of para-hydroxylation sites is 1. The van der Waals surface area contributed by atoms with Crippen LogP contribution in [0.25, 0.3) is 11.1 Å². The van der Waals surface area contributed by atoms with Crippen LogP contribution in [0.1, 0.15) is 83.7 Å². The molecule has 0 unspecified atom stereocenters. The van der Waals surface area contributed by atoms with Crippen molar-refractivity contribution in [3.63, 3.8) is 0 Å². The van der Waals surface area contributed by atoms with Gasteiger partial charge in [0.15, 0.2) is 11.5 Å². The van der Waals surface area contributed by atoms with Gasteiger partial charge in [-0.3, -0.25) is 0 Å². The number of carbonyl (C=O) groups excluding carboxylic acids is 1. The molecular formula is C39H39F7O4. The number of methoxy groups -OCH3 is 1. The van der Waals surface area contributed by atoms with Crippen LogP contribution in [-0.2, 0) is 23.5 Å². The summed E-state index contributed by atoms with van der Waals surface area (Å²) < 4.78 is 114. The minimum Gasteiger partial charge on any atom is -0.493 e. The van der Waals surface area contributed by atoms with Crippen LogP contribution >= 0.6 is 0 Å². The zero-order chi connectivity index (χ0) is 37.1. The maximum atomic E-state index is 14.8. The van der Waals surface area contributed by atoms with E-state index < -0.39 is 47.2 Å². The lowest BCUT2D eigenvalue weighted by Crippen LogP contribution is -2.23. The van der Waals surface area contributed by atoms with Crippen molar-refractivity contribution in [3.8, 4) is 22.6 Å². The minimum atomic E-state index is -5.11. The molecule has 0 saturated carbocycles. The summed E-state index contributed by atoms with van der Waals surface area (Å²) in [6.45, 7) is 10.6. The summed E-state index contributed by atoms with van der Waals surface area (Å²) in [6, 6.07) is 15.0.